The molecule has 56 valence electrons. The summed E-state index contributed by atoms with van der Waals surface area (Å²) >= 11 is -2.04. The predicted octanol–water partition coefficient (Wildman–Crippen LogP) is 0.640. The van der Waals surface area contributed by atoms with Gasteiger partial charge in [-0.15, -0.1) is 0 Å². The third-order valence-electron chi connectivity index (χ3n) is 0.822. The van der Waals surface area contributed by atoms with Crippen LogP contribution in [0.25, 0.3) is 0 Å². The zero-order valence-electron chi connectivity index (χ0n) is 5.46. The van der Waals surface area contributed by atoms with Gasteiger partial charge in [0.2, 0.25) is 0 Å². The number of ether oxygens (including phenoxy) is 1. The fourth-order valence-corrected chi connectivity index (χ4v) is 0.627. The summed E-state index contributed by atoms with van der Waals surface area (Å²) in [7, 11) is 0. The largest absolute Gasteiger partial charge is 0.771 e. The summed E-state index contributed by atoms with van der Waals surface area (Å²) in [5.74, 6) is -0.167. The molecule has 0 aromatic heterocycles. The molecule has 0 saturated heterocycles. The van der Waals surface area contributed by atoms with Crippen molar-refractivity contribution in [3.8, 4) is 0 Å². The summed E-state index contributed by atoms with van der Waals surface area (Å²) in [6.07, 6.45) is 1.96. The molecule has 0 aliphatic heterocycles. The van der Waals surface area contributed by atoms with Crippen LogP contribution < -0.4 is 0 Å². The molecular weight excluding hydrogens is 140 g/mol. The number of unbranched alkanes of at least 4 members (excludes halogenated alkanes) is 1. The number of rotatable bonds is 5. The van der Waals surface area contributed by atoms with E-state index in [4.69, 9.17) is 4.74 Å². The van der Waals surface area contributed by atoms with Gasteiger partial charge in [-0.25, -0.2) is 0 Å². The first kappa shape index (κ1) is 9.07. The molecule has 0 aromatic rings. The van der Waals surface area contributed by atoms with E-state index in [2.05, 4.69) is 0 Å². The van der Waals surface area contributed by atoms with Crippen molar-refractivity contribution in [1.82, 2.24) is 0 Å². The molecule has 3 nitrogen and oxygen atoms in total. The molecule has 0 heterocycles. The van der Waals surface area contributed by atoms with Crippen LogP contribution in [0.2, 0.25) is 0 Å². The predicted molar refractivity (Wildman–Crippen MR) is 34.6 cm³/mol. The SMILES string of the molecule is CCCCOCS(=O)[O-]. The molecular formula is C5H11O3S-. The molecule has 0 N–H and O–H groups in total. The number of hydrogen-bond donors (Lipinski definition) is 0. The minimum Gasteiger partial charge on any atom is -0.771 e. The Bertz CT molecular complexity index is 84.3. The molecule has 0 aliphatic carbocycles. The highest BCUT2D eigenvalue weighted by atomic mass is 32.2. The molecule has 0 amide bonds. The normalized spacial score (nSPS) is 13.6. The van der Waals surface area contributed by atoms with Crippen LogP contribution in [0.5, 0.6) is 0 Å². The maximum Gasteiger partial charge on any atom is 0.108 e. The lowest BCUT2D eigenvalue weighted by Crippen LogP contribution is -2.01. The fraction of sp³-hybridized carbons (Fsp3) is 1.00. The fourth-order valence-electron chi connectivity index (χ4n) is 0.373. The van der Waals surface area contributed by atoms with Crippen molar-refractivity contribution in [2.75, 3.05) is 12.5 Å². The van der Waals surface area contributed by atoms with E-state index in [-0.39, 0.29) is 5.94 Å². The molecule has 0 saturated carbocycles. The van der Waals surface area contributed by atoms with Crippen LogP contribution in [0.1, 0.15) is 19.8 Å². The van der Waals surface area contributed by atoms with Crippen LogP contribution in [-0.2, 0) is 15.8 Å². The molecule has 0 aliphatic rings. The van der Waals surface area contributed by atoms with Crippen LogP contribution in [0, 0.1) is 0 Å². The van der Waals surface area contributed by atoms with Gasteiger partial charge in [0.25, 0.3) is 0 Å². The average molecular weight is 151 g/mol. The van der Waals surface area contributed by atoms with Crippen LogP contribution in [0.3, 0.4) is 0 Å². The Labute approximate surface area is 57.7 Å². The van der Waals surface area contributed by atoms with Gasteiger partial charge in [-0.05, 0) is 17.5 Å². The van der Waals surface area contributed by atoms with Crippen molar-refractivity contribution in [3.05, 3.63) is 0 Å². The van der Waals surface area contributed by atoms with E-state index in [0.29, 0.717) is 6.61 Å². The molecule has 0 bridgehead atoms. The summed E-state index contributed by atoms with van der Waals surface area (Å²) < 4.78 is 24.4. The van der Waals surface area contributed by atoms with Gasteiger partial charge >= 0.3 is 0 Å². The van der Waals surface area contributed by atoms with Crippen molar-refractivity contribution in [1.29, 1.82) is 0 Å². The summed E-state index contributed by atoms with van der Waals surface area (Å²) in [5, 5.41) is 0. The van der Waals surface area contributed by atoms with Crippen molar-refractivity contribution in [2.24, 2.45) is 0 Å². The van der Waals surface area contributed by atoms with Gasteiger partial charge in [-0.3, -0.25) is 4.21 Å². The van der Waals surface area contributed by atoms with Crippen molar-refractivity contribution in [3.63, 3.8) is 0 Å². The van der Waals surface area contributed by atoms with Crippen molar-refractivity contribution < 1.29 is 13.5 Å². The van der Waals surface area contributed by atoms with Crippen LogP contribution >= 0.6 is 0 Å². The van der Waals surface area contributed by atoms with Gasteiger partial charge in [-0.1, -0.05) is 13.3 Å². The molecule has 0 fully saturated rings. The minimum absolute atomic E-state index is 0.167. The van der Waals surface area contributed by atoms with E-state index in [1.165, 1.54) is 0 Å². The van der Waals surface area contributed by atoms with Gasteiger partial charge in [-0.2, -0.15) is 0 Å². The molecule has 0 rings (SSSR count). The molecule has 1 unspecified atom stereocenters. The van der Waals surface area contributed by atoms with Crippen LogP contribution in [0.15, 0.2) is 0 Å². The van der Waals surface area contributed by atoms with Crippen molar-refractivity contribution >= 4 is 11.1 Å². The third-order valence-corrected chi connectivity index (χ3v) is 1.18. The molecule has 0 radical (unpaired) electrons. The minimum atomic E-state index is -2.04. The summed E-state index contributed by atoms with van der Waals surface area (Å²) in [4.78, 5) is 0. The lowest BCUT2D eigenvalue weighted by atomic mass is 10.4. The second kappa shape index (κ2) is 6.19. The smallest absolute Gasteiger partial charge is 0.108 e. The van der Waals surface area contributed by atoms with E-state index in [1.807, 2.05) is 6.92 Å². The first-order valence-corrected chi connectivity index (χ1v) is 4.15. The first-order valence-electron chi connectivity index (χ1n) is 2.91. The highest BCUT2D eigenvalue weighted by Gasteiger charge is 1.84. The first-order chi connectivity index (χ1) is 4.27. The molecule has 4 heteroatoms. The zero-order valence-corrected chi connectivity index (χ0v) is 6.28. The average Bonchev–Trinajstić information content (AvgIpc) is 1.80. The monoisotopic (exact) mass is 151 g/mol. The Morgan fingerprint density at radius 3 is 2.78 bits per heavy atom. The Morgan fingerprint density at radius 1 is 1.67 bits per heavy atom. The topological polar surface area (TPSA) is 49.4 Å². The van der Waals surface area contributed by atoms with E-state index in [9.17, 15) is 8.76 Å². The Morgan fingerprint density at radius 2 is 2.33 bits per heavy atom. The van der Waals surface area contributed by atoms with Gasteiger partial charge < -0.3 is 9.29 Å². The lowest BCUT2D eigenvalue weighted by Gasteiger charge is -2.04. The maximum atomic E-state index is 9.84. The van der Waals surface area contributed by atoms with Gasteiger partial charge in [0.05, 0.1) is 0 Å². The van der Waals surface area contributed by atoms with E-state index < -0.39 is 11.1 Å². The second-order valence-corrected chi connectivity index (χ2v) is 2.53. The lowest BCUT2D eigenvalue weighted by molar-refractivity contribution is 0.171. The summed E-state index contributed by atoms with van der Waals surface area (Å²) in [5.41, 5.74) is 0. The third kappa shape index (κ3) is 8.07. The molecule has 9 heavy (non-hydrogen) atoms. The second-order valence-electron chi connectivity index (χ2n) is 1.68. The maximum absolute atomic E-state index is 9.84. The molecule has 1 atom stereocenters. The van der Waals surface area contributed by atoms with Gasteiger partial charge in [0.15, 0.2) is 0 Å². The quantitative estimate of drug-likeness (QED) is 0.428. The number of hydrogen-bond acceptors (Lipinski definition) is 3. The summed E-state index contributed by atoms with van der Waals surface area (Å²) in [6.45, 7) is 2.57. The summed E-state index contributed by atoms with van der Waals surface area (Å²) in [6, 6.07) is 0. The standard InChI is InChI=1S/C5H12O3S/c1-2-3-4-8-5-9(6)7/h2-5H2,1H3,(H,6,7)/p-1. The Kier molecular flexibility index (Phi) is 6.24. The molecule has 0 spiro atoms. The van der Waals surface area contributed by atoms with Gasteiger partial charge in [0, 0.05) is 6.61 Å². The van der Waals surface area contributed by atoms with Crippen LogP contribution in [-0.4, -0.2) is 21.3 Å². The van der Waals surface area contributed by atoms with Gasteiger partial charge in [0.1, 0.15) is 5.94 Å². The Hall–Kier alpha value is 0.0700. The van der Waals surface area contributed by atoms with E-state index in [1.54, 1.807) is 0 Å². The van der Waals surface area contributed by atoms with Crippen LogP contribution in [0.4, 0.5) is 0 Å². The van der Waals surface area contributed by atoms with E-state index in [0.717, 1.165) is 12.8 Å². The molecule has 0 aromatic carbocycles. The highest BCUT2D eigenvalue weighted by molar-refractivity contribution is 7.78. The Balaban J connectivity index is 2.83. The highest BCUT2D eigenvalue weighted by Crippen LogP contribution is 1.87. The zero-order chi connectivity index (χ0) is 7.11. The van der Waals surface area contributed by atoms with E-state index >= 15 is 0 Å². The van der Waals surface area contributed by atoms with Crippen molar-refractivity contribution in [2.45, 2.75) is 19.8 Å².